The van der Waals surface area contributed by atoms with Gasteiger partial charge in [-0.1, -0.05) is 6.07 Å². The molecule has 0 amide bonds. The number of aryl methyl sites for hydroxylation is 1. The molecule has 0 saturated carbocycles. The van der Waals surface area contributed by atoms with Crippen molar-refractivity contribution in [3.05, 3.63) is 30.1 Å². The SMILES string of the molecule is OC1(CCc2ccccn2)CC2CCC(C1)S2. The first-order chi connectivity index (χ1) is 8.23. The second kappa shape index (κ2) is 4.62. The van der Waals surface area contributed by atoms with Gasteiger partial charge in [0, 0.05) is 22.4 Å². The molecule has 3 heteroatoms. The van der Waals surface area contributed by atoms with Gasteiger partial charge in [0.1, 0.15) is 0 Å². The van der Waals surface area contributed by atoms with Gasteiger partial charge in [-0.3, -0.25) is 4.98 Å². The van der Waals surface area contributed by atoms with Gasteiger partial charge in [-0.05, 0) is 50.7 Å². The lowest BCUT2D eigenvalue weighted by Crippen LogP contribution is -2.37. The highest BCUT2D eigenvalue weighted by atomic mass is 32.2. The zero-order valence-corrected chi connectivity index (χ0v) is 10.8. The highest BCUT2D eigenvalue weighted by Gasteiger charge is 2.42. The highest BCUT2D eigenvalue weighted by molar-refractivity contribution is 8.00. The molecule has 1 aromatic heterocycles. The molecule has 92 valence electrons. The van der Waals surface area contributed by atoms with Crippen LogP contribution in [0.3, 0.4) is 0 Å². The zero-order valence-electron chi connectivity index (χ0n) is 10.0. The van der Waals surface area contributed by atoms with Crippen LogP contribution in [0.25, 0.3) is 0 Å². The predicted molar refractivity (Wildman–Crippen MR) is 71.1 cm³/mol. The number of aliphatic hydroxyl groups is 1. The van der Waals surface area contributed by atoms with E-state index in [0.29, 0.717) is 10.5 Å². The van der Waals surface area contributed by atoms with Gasteiger partial charge in [-0.25, -0.2) is 0 Å². The van der Waals surface area contributed by atoms with Crippen molar-refractivity contribution in [2.24, 2.45) is 0 Å². The summed E-state index contributed by atoms with van der Waals surface area (Å²) < 4.78 is 0. The van der Waals surface area contributed by atoms with E-state index in [4.69, 9.17) is 0 Å². The number of thioether (sulfide) groups is 1. The molecule has 0 radical (unpaired) electrons. The summed E-state index contributed by atoms with van der Waals surface area (Å²) in [5.41, 5.74) is 0.681. The van der Waals surface area contributed by atoms with Crippen LogP contribution >= 0.6 is 11.8 Å². The Morgan fingerprint density at radius 2 is 2.06 bits per heavy atom. The first kappa shape index (κ1) is 11.5. The smallest absolute Gasteiger partial charge is 0.0672 e. The van der Waals surface area contributed by atoms with Crippen molar-refractivity contribution in [1.29, 1.82) is 0 Å². The lowest BCUT2D eigenvalue weighted by atomic mass is 9.88. The van der Waals surface area contributed by atoms with Gasteiger partial charge in [-0.15, -0.1) is 0 Å². The van der Waals surface area contributed by atoms with Crippen molar-refractivity contribution in [2.45, 2.75) is 54.6 Å². The minimum absolute atomic E-state index is 0.422. The lowest BCUT2D eigenvalue weighted by Gasteiger charge is -2.36. The number of rotatable bonds is 3. The van der Waals surface area contributed by atoms with Crippen LogP contribution in [0, 0.1) is 0 Å². The van der Waals surface area contributed by atoms with Gasteiger partial charge in [-0.2, -0.15) is 11.8 Å². The summed E-state index contributed by atoms with van der Waals surface area (Å²) in [7, 11) is 0. The van der Waals surface area contributed by atoms with Crippen molar-refractivity contribution in [2.75, 3.05) is 0 Å². The van der Waals surface area contributed by atoms with E-state index in [1.165, 1.54) is 12.8 Å². The van der Waals surface area contributed by atoms with Crippen LogP contribution < -0.4 is 0 Å². The van der Waals surface area contributed by atoms with E-state index in [1.54, 1.807) is 0 Å². The fourth-order valence-electron chi connectivity index (χ4n) is 3.12. The topological polar surface area (TPSA) is 33.1 Å². The lowest BCUT2D eigenvalue weighted by molar-refractivity contribution is 0.0155. The third-order valence-corrected chi connectivity index (χ3v) is 5.56. The largest absolute Gasteiger partial charge is 0.390 e. The Hall–Kier alpha value is -0.540. The third-order valence-electron chi connectivity index (χ3n) is 3.98. The van der Waals surface area contributed by atoms with E-state index in [9.17, 15) is 5.11 Å². The van der Waals surface area contributed by atoms with E-state index in [2.05, 4.69) is 22.8 Å². The number of fused-ring (bicyclic) bond motifs is 2. The minimum Gasteiger partial charge on any atom is -0.390 e. The summed E-state index contributed by atoms with van der Waals surface area (Å²) >= 11 is 2.10. The van der Waals surface area contributed by atoms with E-state index >= 15 is 0 Å². The van der Waals surface area contributed by atoms with Crippen molar-refractivity contribution in [3.8, 4) is 0 Å². The molecule has 2 aliphatic rings. The second-order valence-corrected chi connectivity index (χ2v) is 7.02. The molecular weight excluding hydrogens is 230 g/mol. The van der Waals surface area contributed by atoms with Gasteiger partial charge in [0.25, 0.3) is 0 Å². The molecule has 17 heavy (non-hydrogen) atoms. The molecular formula is C14H19NOS. The maximum Gasteiger partial charge on any atom is 0.0672 e. The first-order valence-corrected chi connectivity index (χ1v) is 7.46. The average Bonchev–Trinajstić information content (AvgIpc) is 2.69. The fourth-order valence-corrected chi connectivity index (χ4v) is 5.02. The number of hydrogen-bond acceptors (Lipinski definition) is 3. The molecule has 2 saturated heterocycles. The van der Waals surface area contributed by atoms with Crippen LogP contribution in [0.4, 0.5) is 0 Å². The van der Waals surface area contributed by atoms with E-state index in [0.717, 1.165) is 31.4 Å². The number of pyridine rings is 1. The number of nitrogens with zero attached hydrogens (tertiary/aromatic N) is 1. The Morgan fingerprint density at radius 1 is 1.29 bits per heavy atom. The quantitative estimate of drug-likeness (QED) is 0.894. The maximum absolute atomic E-state index is 10.7. The molecule has 2 fully saturated rings. The molecule has 0 spiro atoms. The highest BCUT2D eigenvalue weighted by Crippen LogP contribution is 2.48. The van der Waals surface area contributed by atoms with E-state index in [1.807, 2.05) is 18.3 Å². The summed E-state index contributed by atoms with van der Waals surface area (Å²) in [6.45, 7) is 0. The van der Waals surface area contributed by atoms with Crippen LogP contribution in [-0.2, 0) is 6.42 Å². The normalized spacial score (nSPS) is 36.1. The zero-order chi connectivity index (χ0) is 11.7. The minimum atomic E-state index is -0.422. The second-order valence-electron chi connectivity index (χ2n) is 5.41. The molecule has 2 bridgehead atoms. The molecule has 2 atom stereocenters. The summed E-state index contributed by atoms with van der Waals surface area (Å²) in [6, 6.07) is 6.01. The number of hydrogen-bond donors (Lipinski definition) is 1. The van der Waals surface area contributed by atoms with Gasteiger partial charge in [0.2, 0.25) is 0 Å². The van der Waals surface area contributed by atoms with Crippen molar-refractivity contribution >= 4 is 11.8 Å². The summed E-state index contributed by atoms with van der Waals surface area (Å²) in [6.07, 6.45) is 8.20. The Bertz CT molecular complexity index is 369. The Kier molecular flexibility index (Phi) is 3.14. The van der Waals surface area contributed by atoms with Crippen LogP contribution in [0.15, 0.2) is 24.4 Å². The molecule has 2 aliphatic heterocycles. The monoisotopic (exact) mass is 249 g/mol. The Labute approximate surface area is 107 Å². The Morgan fingerprint density at radius 3 is 2.71 bits per heavy atom. The van der Waals surface area contributed by atoms with E-state index < -0.39 is 5.60 Å². The molecule has 2 unspecified atom stereocenters. The molecule has 1 aromatic rings. The van der Waals surface area contributed by atoms with E-state index in [-0.39, 0.29) is 0 Å². The summed E-state index contributed by atoms with van der Waals surface area (Å²) in [4.78, 5) is 4.33. The van der Waals surface area contributed by atoms with Crippen molar-refractivity contribution < 1.29 is 5.11 Å². The van der Waals surface area contributed by atoms with Gasteiger partial charge < -0.3 is 5.11 Å². The van der Waals surface area contributed by atoms with Crippen LogP contribution in [0.2, 0.25) is 0 Å². The van der Waals surface area contributed by atoms with Gasteiger partial charge in [0.05, 0.1) is 5.60 Å². The molecule has 3 heterocycles. The average molecular weight is 249 g/mol. The predicted octanol–water partition coefficient (Wildman–Crippen LogP) is 2.80. The summed E-state index contributed by atoms with van der Waals surface area (Å²) in [5.74, 6) is 0. The van der Waals surface area contributed by atoms with Crippen LogP contribution in [-0.4, -0.2) is 26.2 Å². The van der Waals surface area contributed by atoms with Gasteiger partial charge in [0.15, 0.2) is 0 Å². The van der Waals surface area contributed by atoms with Crippen molar-refractivity contribution in [1.82, 2.24) is 4.98 Å². The maximum atomic E-state index is 10.7. The molecule has 1 N–H and O–H groups in total. The Balaban J connectivity index is 1.61. The molecule has 0 aromatic carbocycles. The number of aromatic nitrogens is 1. The molecule has 2 nitrogen and oxygen atoms in total. The standard InChI is InChI=1S/C14H19NOS/c16-14(7-6-11-3-1-2-8-15-11)9-12-4-5-13(10-14)17-12/h1-3,8,12-13,16H,4-7,9-10H2. The summed E-state index contributed by atoms with van der Waals surface area (Å²) in [5, 5.41) is 12.1. The van der Waals surface area contributed by atoms with Gasteiger partial charge >= 0.3 is 0 Å². The fraction of sp³-hybridized carbons (Fsp3) is 0.643. The van der Waals surface area contributed by atoms with Crippen LogP contribution in [0.5, 0.6) is 0 Å². The van der Waals surface area contributed by atoms with Crippen molar-refractivity contribution in [3.63, 3.8) is 0 Å². The van der Waals surface area contributed by atoms with Crippen LogP contribution in [0.1, 0.15) is 37.8 Å². The first-order valence-electron chi connectivity index (χ1n) is 6.51. The third kappa shape index (κ3) is 2.66. The molecule has 0 aliphatic carbocycles. The molecule has 3 rings (SSSR count).